The standard InChI is InChI=1S/C32H39N7O2/c1-5-22-11-9-10-14-25(22)35-30(34)39-17-15-32(16-18-39,23-12-7-6-8-13-23)21-38(2)31-36-26-20-28(41-4)27(40-3)19-24(26)29(33)37-31/h6-14,19-20H,5,15-18,21H2,1-4H3,(H2,34,35)(H2,33,36,37). The van der Waals surface area contributed by atoms with Crippen molar-refractivity contribution in [2.24, 2.45) is 0 Å². The molecule has 214 valence electrons. The average Bonchev–Trinajstić information content (AvgIpc) is 3.01. The van der Waals surface area contributed by atoms with Gasteiger partial charge in [0, 0.05) is 49.2 Å². The zero-order valence-corrected chi connectivity index (χ0v) is 24.3. The second kappa shape index (κ2) is 11.9. The van der Waals surface area contributed by atoms with Crippen molar-refractivity contribution in [3.63, 3.8) is 0 Å². The highest BCUT2D eigenvalue weighted by molar-refractivity contribution is 5.92. The predicted octanol–water partition coefficient (Wildman–Crippen LogP) is 5.31. The molecule has 0 amide bonds. The third-order valence-corrected chi connectivity index (χ3v) is 8.17. The number of nitrogens with one attached hydrogen (secondary N) is 2. The number of guanidine groups is 1. The number of nitrogens with zero attached hydrogens (tertiary/aromatic N) is 4. The lowest BCUT2D eigenvalue weighted by Crippen LogP contribution is -2.51. The highest BCUT2D eigenvalue weighted by atomic mass is 16.5. The Bertz CT molecular complexity index is 1520. The number of fused-ring (bicyclic) bond motifs is 1. The van der Waals surface area contributed by atoms with E-state index < -0.39 is 0 Å². The third kappa shape index (κ3) is 5.70. The molecule has 1 fully saturated rings. The van der Waals surface area contributed by atoms with Crippen LogP contribution in [0.25, 0.3) is 10.9 Å². The summed E-state index contributed by atoms with van der Waals surface area (Å²) in [4.78, 5) is 13.8. The van der Waals surface area contributed by atoms with E-state index in [0.29, 0.717) is 41.3 Å². The Balaban J connectivity index is 1.38. The van der Waals surface area contributed by atoms with Crippen molar-refractivity contribution in [3.05, 3.63) is 77.9 Å². The summed E-state index contributed by atoms with van der Waals surface area (Å²) in [5, 5.41) is 12.9. The van der Waals surface area contributed by atoms with Gasteiger partial charge in [-0.05, 0) is 42.5 Å². The topological polar surface area (TPSA) is 113 Å². The van der Waals surface area contributed by atoms with Crippen molar-refractivity contribution in [1.82, 2.24) is 14.9 Å². The minimum atomic E-state index is -0.140. The molecular formula is C32H39N7O2. The molecule has 9 nitrogen and oxygen atoms in total. The molecule has 0 unspecified atom stereocenters. The van der Waals surface area contributed by atoms with Gasteiger partial charge in [0.1, 0.15) is 5.82 Å². The van der Waals surface area contributed by atoms with Gasteiger partial charge < -0.3 is 30.3 Å². The van der Waals surface area contributed by atoms with Gasteiger partial charge in [0.25, 0.3) is 0 Å². The number of aryl methyl sites for hydroxylation is 1. The molecule has 0 bridgehead atoms. The summed E-state index contributed by atoms with van der Waals surface area (Å²) in [6.45, 7) is 4.37. The molecule has 1 saturated heterocycles. The summed E-state index contributed by atoms with van der Waals surface area (Å²) < 4.78 is 10.9. The molecule has 0 aliphatic carbocycles. The van der Waals surface area contributed by atoms with E-state index >= 15 is 0 Å². The SMILES string of the molecule is CCc1ccccc1NC(=N)N1CCC(CN(C)c2nc(N)c3cc(OC)c(OC)cc3n2)(c2ccccc2)CC1. The van der Waals surface area contributed by atoms with Crippen LogP contribution in [0.2, 0.25) is 0 Å². The molecule has 0 radical (unpaired) electrons. The molecule has 4 N–H and O–H groups in total. The lowest BCUT2D eigenvalue weighted by molar-refractivity contribution is 0.227. The Morgan fingerprint density at radius 3 is 2.34 bits per heavy atom. The number of methoxy groups -OCH3 is 2. The average molecular weight is 554 g/mol. The van der Waals surface area contributed by atoms with Crippen molar-refractivity contribution in [1.29, 1.82) is 5.41 Å². The second-order valence-corrected chi connectivity index (χ2v) is 10.6. The van der Waals surface area contributed by atoms with E-state index in [2.05, 4.69) is 63.4 Å². The number of ether oxygens (including phenoxy) is 2. The van der Waals surface area contributed by atoms with Crippen molar-refractivity contribution >= 4 is 34.3 Å². The van der Waals surface area contributed by atoms with E-state index in [4.69, 9.17) is 25.6 Å². The summed E-state index contributed by atoms with van der Waals surface area (Å²) in [7, 11) is 5.22. The van der Waals surface area contributed by atoms with Crippen molar-refractivity contribution in [3.8, 4) is 11.5 Å². The first-order valence-corrected chi connectivity index (χ1v) is 14.0. The van der Waals surface area contributed by atoms with Crippen molar-refractivity contribution in [2.45, 2.75) is 31.6 Å². The molecule has 1 aliphatic rings. The summed E-state index contributed by atoms with van der Waals surface area (Å²) in [5.74, 6) is 2.58. The Labute approximate surface area is 241 Å². The predicted molar refractivity (Wildman–Crippen MR) is 166 cm³/mol. The highest BCUT2D eigenvalue weighted by Gasteiger charge is 2.38. The van der Waals surface area contributed by atoms with Gasteiger partial charge in [-0.25, -0.2) is 4.98 Å². The van der Waals surface area contributed by atoms with Crippen LogP contribution in [-0.2, 0) is 11.8 Å². The molecule has 0 atom stereocenters. The molecule has 2 heterocycles. The summed E-state index contributed by atoms with van der Waals surface area (Å²) in [6.07, 6.45) is 2.69. The van der Waals surface area contributed by atoms with Gasteiger partial charge in [0.05, 0.1) is 19.7 Å². The number of nitrogens with two attached hydrogens (primary N) is 1. The van der Waals surface area contributed by atoms with Crippen molar-refractivity contribution in [2.75, 3.05) is 56.9 Å². The Hall–Kier alpha value is -4.53. The molecule has 4 aromatic rings. The first-order chi connectivity index (χ1) is 19.9. The van der Waals surface area contributed by atoms with Crippen LogP contribution >= 0.6 is 0 Å². The fraction of sp³-hybridized carbons (Fsp3) is 0.344. The maximum Gasteiger partial charge on any atom is 0.227 e. The molecule has 0 saturated carbocycles. The highest BCUT2D eigenvalue weighted by Crippen LogP contribution is 2.38. The van der Waals surface area contributed by atoms with Gasteiger partial charge in [-0.1, -0.05) is 55.5 Å². The van der Waals surface area contributed by atoms with Gasteiger partial charge in [-0.3, -0.25) is 5.41 Å². The molecular weight excluding hydrogens is 514 g/mol. The number of hydrogen-bond donors (Lipinski definition) is 3. The zero-order valence-electron chi connectivity index (χ0n) is 24.3. The summed E-state index contributed by atoms with van der Waals surface area (Å²) in [6, 6.07) is 22.5. The molecule has 3 aromatic carbocycles. The number of anilines is 3. The van der Waals surface area contributed by atoms with Crippen LogP contribution < -0.4 is 25.4 Å². The van der Waals surface area contributed by atoms with E-state index in [1.54, 1.807) is 14.2 Å². The van der Waals surface area contributed by atoms with E-state index in [0.717, 1.165) is 43.4 Å². The Morgan fingerprint density at radius 2 is 1.66 bits per heavy atom. The van der Waals surface area contributed by atoms with Crippen LogP contribution in [0.1, 0.15) is 30.9 Å². The fourth-order valence-corrected chi connectivity index (χ4v) is 5.81. The first kappa shape index (κ1) is 28.0. The van der Waals surface area contributed by atoms with E-state index in [1.165, 1.54) is 11.1 Å². The Kier molecular flexibility index (Phi) is 8.14. The number of hydrogen-bond acceptors (Lipinski definition) is 7. The number of piperidine rings is 1. The van der Waals surface area contributed by atoms with Gasteiger partial charge in [-0.15, -0.1) is 0 Å². The van der Waals surface area contributed by atoms with Crippen molar-refractivity contribution < 1.29 is 9.47 Å². The lowest BCUT2D eigenvalue weighted by Gasteiger charge is -2.45. The molecule has 5 rings (SSSR count). The van der Waals surface area contributed by atoms with Gasteiger partial charge >= 0.3 is 0 Å². The monoisotopic (exact) mass is 553 g/mol. The maximum atomic E-state index is 8.82. The largest absolute Gasteiger partial charge is 0.493 e. The van der Waals surface area contributed by atoms with Crippen LogP contribution in [0, 0.1) is 5.41 Å². The molecule has 1 aliphatic heterocycles. The quantitative estimate of drug-likeness (QED) is 0.199. The first-order valence-electron chi connectivity index (χ1n) is 14.0. The number of likely N-dealkylation sites (N-methyl/N-ethyl adjacent to an activating group) is 1. The molecule has 41 heavy (non-hydrogen) atoms. The maximum absolute atomic E-state index is 8.82. The van der Waals surface area contributed by atoms with Gasteiger partial charge in [-0.2, -0.15) is 4.98 Å². The lowest BCUT2D eigenvalue weighted by atomic mass is 9.72. The number of aromatic nitrogens is 2. The zero-order chi connectivity index (χ0) is 29.0. The number of rotatable bonds is 8. The number of para-hydroxylation sites is 1. The number of benzene rings is 3. The minimum absolute atomic E-state index is 0.140. The number of likely N-dealkylation sites (tertiary alicyclic amines) is 1. The fourth-order valence-electron chi connectivity index (χ4n) is 5.81. The van der Waals surface area contributed by atoms with Crippen LogP contribution in [0.3, 0.4) is 0 Å². The van der Waals surface area contributed by atoms with E-state index in [1.807, 2.05) is 37.4 Å². The Morgan fingerprint density at radius 1 is 1.00 bits per heavy atom. The summed E-state index contributed by atoms with van der Waals surface area (Å²) >= 11 is 0. The molecule has 9 heteroatoms. The van der Waals surface area contributed by atoms with Gasteiger partial charge in [0.15, 0.2) is 17.5 Å². The molecule has 0 spiro atoms. The van der Waals surface area contributed by atoms with Crippen LogP contribution in [0.15, 0.2) is 66.7 Å². The van der Waals surface area contributed by atoms with E-state index in [9.17, 15) is 0 Å². The number of nitrogen functional groups attached to an aromatic ring is 1. The van der Waals surface area contributed by atoms with Crippen LogP contribution in [0.5, 0.6) is 11.5 Å². The minimum Gasteiger partial charge on any atom is -0.493 e. The smallest absolute Gasteiger partial charge is 0.227 e. The summed E-state index contributed by atoms with van der Waals surface area (Å²) in [5.41, 5.74) is 10.5. The van der Waals surface area contributed by atoms with Crippen LogP contribution in [0.4, 0.5) is 17.5 Å². The van der Waals surface area contributed by atoms with E-state index in [-0.39, 0.29) is 5.41 Å². The second-order valence-electron chi connectivity index (χ2n) is 10.6. The van der Waals surface area contributed by atoms with Gasteiger partial charge in [0.2, 0.25) is 5.95 Å². The third-order valence-electron chi connectivity index (χ3n) is 8.17. The normalized spacial score (nSPS) is 14.5. The molecule has 1 aromatic heterocycles. The van der Waals surface area contributed by atoms with Crippen LogP contribution in [-0.4, -0.2) is 61.7 Å².